The second-order valence-corrected chi connectivity index (χ2v) is 8.92. The minimum atomic E-state index is -0.189. The second-order valence-electron chi connectivity index (χ2n) is 7.86. The SMILES string of the molecule is N#CCC(=O)NC12CC(Nc3cncc(Nc4ncc(C5CC5)s4)n3)(C1)C2. The van der Waals surface area contributed by atoms with E-state index in [2.05, 4.69) is 30.9 Å². The standard InChI is InChI=1S/C18H19N7OS/c19-4-3-15(26)25-18-8-17(9-18,10-18)24-14-7-20-6-13(22-14)23-16-21-5-12(27-16)11-1-2-11/h5-7,11H,1-3,8-10H2,(H,25,26)(H2,21,22,23,24). The number of amides is 1. The lowest BCUT2D eigenvalue weighted by molar-refractivity contribution is -0.132. The van der Waals surface area contributed by atoms with Gasteiger partial charge in [-0.1, -0.05) is 0 Å². The lowest BCUT2D eigenvalue weighted by Gasteiger charge is -2.70. The summed E-state index contributed by atoms with van der Waals surface area (Å²) in [4.78, 5) is 26.2. The molecule has 0 saturated heterocycles. The third-order valence-corrected chi connectivity index (χ3v) is 6.52. The Morgan fingerprint density at radius 2 is 2.00 bits per heavy atom. The molecule has 2 bridgehead atoms. The topological polar surface area (TPSA) is 116 Å². The van der Waals surface area contributed by atoms with Gasteiger partial charge in [0.25, 0.3) is 0 Å². The summed E-state index contributed by atoms with van der Waals surface area (Å²) in [6, 6.07) is 1.88. The van der Waals surface area contributed by atoms with Crippen LogP contribution in [-0.4, -0.2) is 31.9 Å². The quantitative estimate of drug-likeness (QED) is 0.675. The third-order valence-electron chi connectivity index (χ3n) is 5.44. The number of hydrogen-bond donors (Lipinski definition) is 3. The second kappa shape index (κ2) is 5.89. The normalized spacial score (nSPS) is 27.7. The van der Waals surface area contributed by atoms with Crippen LogP contribution in [0.15, 0.2) is 18.6 Å². The molecule has 0 unspecified atom stereocenters. The maximum absolute atomic E-state index is 11.6. The van der Waals surface area contributed by atoms with Gasteiger partial charge in [-0.05, 0) is 38.0 Å². The van der Waals surface area contributed by atoms with Crippen molar-refractivity contribution in [1.82, 2.24) is 20.3 Å². The van der Waals surface area contributed by atoms with E-state index in [0.29, 0.717) is 11.7 Å². The molecule has 0 aromatic carbocycles. The molecular weight excluding hydrogens is 362 g/mol. The molecule has 6 rings (SSSR count). The van der Waals surface area contributed by atoms with Crippen molar-refractivity contribution in [3.05, 3.63) is 23.5 Å². The molecular formula is C18H19N7OS. The molecule has 9 heteroatoms. The lowest BCUT2D eigenvalue weighted by Crippen LogP contribution is -2.81. The van der Waals surface area contributed by atoms with Gasteiger partial charge < -0.3 is 16.0 Å². The van der Waals surface area contributed by atoms with Crippen LogP contribution >= 0.6 is 11.3 Å². The summed E-state index contributed by atoms with van der Waals surface area (Å²) in [5.74, 6) is 1.89. The Balaban J connectivity index is 1.19. The number of carbonyl (C=O) groups excluding carboxylic acids is 1. The molecule has 0 atom stereocenters. The number of nitrogens with zero attached hydrogens (tertiary/aromatic N) is 4. The van der Waals surface area contributed by atoms with E-state index in [0.717, 1.165) is 30.2 Å². The Morgan fingerprint density at radius 1 is 1.22 bits per heavy atom. The van der Waals surface area contributed by atoms with Crippen LogP contribution in [0.1, 0.15) is 49.3 Å². The van der Waals surface area contributed by atoms with Crippen LogP contribution in [-0.2, 0) is 4.79 Å². The van der Waals surface area contributed by atoms with Crippen LogP contribution in [0.3, 0.4) is 0 Å². The zero-order chi connectivity index (χ0) is 18.5. The first-order valence-corrected chi connectivity index (χ1v) is 9.90. The van der Waals surface area contributed by atoms with Gasteiger partial charge in [-0.3, -0.25) is 9.78 Å². The minimum Gasteiger partial charge on any atom is -0.363 e. The highest BCUT2D eigenvalue weighted by molar-refractivity contribution is 7.15. The van der Waals surface area contributed by atoms with Gasteiger partial charge in [0.2, 0.25) is 5.91 Å². The summed E-state index contributed by atoms with van der Waals surface area (Å²) in [6.07, 6.45) is 10.4. The highest BCUT2D eigenvalue weighted by Gasteiger charge is 2.68. The number of carbonyl (C=O) groups is 1. The first kappa shape index (κ1) is 16.4. The van der Waals surface area contributed by atoms with Crippen LogP contribution in [0, 0.1) is 11.3 Å². The molecule has 4 fully saturated rings. The van der Waals surface area contributed by atoms with Gasteiger partial charge in [0.15, 0.2) is 10.9 Å². The van der Waals surface area contributed by atoms with Crippen LogP contribution in [0.25, 0.3) is 0 Å². The number of nitrogens with one attached hydrogen (secondary N) is 3. The van der Waals surface area contributed by atoms with E-state index in [9.17, 15) is 4.79 Å². The Kier molecular flexibility index (Phi) is 3.59. The molecule has 0 aliphatic heterocycles. The van der Waals surface area contributed by atoms with E-state index in [4.69, 9.17) is 5.26 Å². The first-order chi connectivity index (χ1) is 13.1. The minimum absolute atomic E-state index is 0.0203. The highest BCUT2D eigenvalue weighted by Crippen LogP contribution is 2.61. The fourth-order valence-electron chi connectivity index (χ4n) is 4.23. The van der Waals surface area contributed by atoms with Gasteiger partial charge in [-0.2, -0.15) is 5.26 Å². The van der Waals surface area contributed by atoms with Gasteiger partial charge in [0, 0.05) is 22.2 Å². The maximum Gasteiger partial charge on any atom is 0.234 e. The van der Waals surface area contributed by atoms with Gasteiger partial charge in [0.1, 0.15) is 12.2 Å². The van der Waals surface area contributed by atoms with E-state index in [1.807, 2.05) is 12.3 Å². The average molecular weight is 381 g/mol. The van der Waals surface area contributed by atoms with Gasteiger partial charge in [-0.25, -0.2) is 9.97 Å². The van der Waals surface area contributed by atoms with Crippen molar-refractivity contribution in [2.45, 2.75) is 55.5 Å². The van der Waals surface area contributed by atoms with E-state index >= 15 is 0 Å². The summed E-state index contributed by atoms with van der Waals surface area (Å²) < 4.78 is 0. The maximum atomic E-state index is 11.6. The molecule has 2 aromatic heterocycles. The molecule has 3 N–H and O–H groups in total. The largest absolute Gasteiger partial charge is 0.363 e. The molecule has 8 nitrogen and oxygen atoms in total. The van der Waals surface area contributed by atoms with Crippen LogP contribution in [0.4, 0.5) is 16.8 Å². The van der Waals surface area contributed by atoms with Crippen LogP contribution < -0.4 is 16.0 Å². The monoisotopic (exact) mass is 381 g/mol. The Morgan fingerprint density at radius 3 is 2.74 bits per heavy atom. The molecule has 4 saturated carbocycles. The molecule has 4 aliphatic carbocycles. The Bertz CT molecular complexity index is 925. The molecule has 2 aromatic rings. The number of rotatable bonds is 7. The number of hydrogen-bond acceptors (Lipinski definition) is 8. The van der Waals surface area contributed by atoms with Crippen molar-refractivity contribution in [2.75, 3.05) is 10.6 Å². The molecule has 0 spiro atoms. The average Bonchev–Trinajstić information content (AvgIpc) is 3.32. The molecule has 4 aliphatic rings. The fourth-order valence-corrected chi connectivity index (χ4v) is 5.23. The summed E-state index contributed by atoms with van der Waals surface area (Å²) in [6.45, 7) is 0. The lowest BCUT2D eigenvalue weighted by atomic mass is 9.44. The molecule has 138 valence electrons. The molecule has 1 amide bonds. The summed E-state index contributed by atoms with van der Waals surface area (Å²) in [5.41, 5.74) is -0.155. The van der Waals surface area contributed by atoms with Crippen molar-refractivity contribution in [3.63, 3.8) is 0 Å². The first-order valence-electron chi connectivity index (χ1n) is 9.08. The number of thiazole rings is 1. The fraction of sp³-hybridized carbons (Fsp3) is 0.500. The predicted molar refractivity (Wildman–Crippen MR) is 101 cm³/mol. The van der Waals surface area contributed by atoms with Gasteiger partial charge in [0.05, 0.1) is 18.5 Å². The number of anilines is 3. The van der Waals surface area contributed by atoms with Crippen LogP contribution in [0.5, 0.6) is 0 Å². The smallest absolute Gasteiger partial charge is 0.234 e. The van der Waals surface area contributed by atoms with Crippen molar-refractivity contribution in [2.24, 2.45) is 0 Å². The summed E-state index contributed by atoms with van der Waals surface area (Å²) in [5, 5.41) is 19.1. The predicted octanol–water partition coefficient (Wildman–Crippen LogP) is 2.67. The third kappa shape index (κ3) is 3.10. The van der Waals surface area contributed by atoms with Crippen molar-refractivity contribution < 1.29 is 4.79 Å². The van der Waals surface area contributed by atoms with E-state index in [1.54, 1.807) is 23.7 Å². The van der Waals surface area contributed by atoms with Gasteiger partial charge in [-0.15, -0.1) is 11.3 Å². The van der Waals surface area contributed by atoms with Crippen LogP contribution in [0.2, 0.25) is 0 Å². The number of nitriles is 1. The Hall–Kier alpha value is -2.73. The zero-order valence-electron chi connectivity index (χ0n) is 14.7. The van der Waals surface area contributed by atoms with E-state index in [1.165, 1.54) is 17.7 Å². The van der Waals surface area contributed by atoms with Crippen molar-refractivity contribution >= 4 is 34.0 Å². The zero-order valence-corrected chi connectivity index (χ0v) is 15.5. The molecule has 0 radical (unpaired) electrons. The van der Waals surface area contributed by atoms with Gasteiger partial charge >= 0.3 is 0 Å². The Labute approximate surface area is 160 Å². The molecule has 27 heavy (non-hydrogen) atoms. The molecule has 2 heterocycles. The van der Waals surface area contributed by atoms with E-state index in [-0.39, 0.29) is 23.4 Å². The summed E-state index contributed by atoms with van der Waals surface area (Å²) >= 11 is 1.68. The van der Waals surface area contributed by atoms with Crippen molar-refractivity contribution in [1.29, 1.82) is 5.26 Å². The number of aromatic nitrogens is 3. The highest BCUT2D eigenvalue weighted by atomic mass is 32.1. The van der Waals surface area contributed by atoms with Crippen molar-refractivity contribution in [3.8, 4) is 6.07 Å². The van der Waals surface area contributed by atoms with E-state index < -0.39 is 0 Å². The summed E-state index contributed by atoms with van der Waals surface area (Å²) in [7, 11) is 0.